The minimum Gasteiger partial charge on any atom is -0.360 e. The van der Waals surface area contributed by atoms with Crippen LogP contribution in [0.1, 0.15) is 51.3 Å². The van der Waals surface area contributed by atoms with Crippen molar-refractivity contribution in [3.8, 4) is 0 Å². The first kappa shape index (κ1) is 19.7. The van der Waals surface area contributed by atoms with Gasteiger partial charge in [-0.25, -0.2) is 0 Å². The normalized spacial score (nSPS) is 33.2. The summed E-state index contributed by atoms with van der Waals surface area (Å²) >= 11 is 0. The molecule has 30 heavy (non-hydrogen) atoms. The third-order valence-corrected chi connectivity index (χ3v) is 7.47. The lowest BCUT2D eigenvalue weighted by Gasteiger charge is -2.30. The van der Waals surface area contributed by atoms with Crippen LogP contribution in [0, 0.1) is 11.8 Å². The van der Waals surface area contributed by atoms with E-state index in [0.29, 0.717) is 13.1 Å². The SMILES string of the molecule is CCn1cnnc1CN(C)C(=O)[C@H]1[C@@H]2C=C[C@@]3(CN(C4CCCCCC4)C(=O)[C@@H]13)O2. The average Bonchev–Trinajstić information content (AvgIpc) is 3.45. The lowest BCUT2D eigenvalue weighted by molar-refractivity contribution is -0.143. The van der Waals surface area contributed by atoms with E-state index in [-0.39, 0.29) is 24.0 Å². The summed E-state index contributed by atoms with van der Waals surface area (Å²) in [6.07, 6.45) is 12.4. The van der Waals surface area contributed by atoms with Gasteiger partial charge in [0.05, 0.1) is 31.0 Å². The Morgan fingerprint density at radius 1 is 1.30 bits per heavy atom. The molecule has 0 unspecified atom stereocenters. The number of amides is 2. The summed E-state index contributed by atoms with van der Waals surface area (Å²) in [5.74, 6) is -0.0493. The molecule has 4 aliphatic rings. The van der Waals surface area contributed by atoms with Crippen LogP contribution in [-0.2, 0) is 27.4 Å². The van der Waals surface area contributed by atoms with E-state index in [1.54, 1.807) is 18.3 Å². The predicted octanol–water partition coefficient (Wildman–Crippen LogP) is 1.76. The lowest BCUT2D eigenvalue weighted by Crippen LogP contribution is -2.45. The largest absolute Gasteiger partial charge is 0.360 e. The molecule has 8 nitrogen and oxygen atoms in total. The van der Waals surface area contributed by atoms with Crippen molar-refractivity contribution in [2.24, 2.45) is 11.8 Å². The summed E-state index contributed by atoms with van der Waals surface area (Å²) in [5, 5.41) is 8.10. The number of nitrogens with zero attached hydrogens (tertiary/aromatic N) is 5. The molecule has 1 aliphatic carbocycles. The van der Waals surface area contributed by atoms with E-state index in [9.17, 15) is 9.59 Å². The second kappa shape index (κ2) is 7.48. The topological polar surface area (TPSA) is 80.6 Å². The summed E-state index contributed by atoms with van der Waals surface area (Å²) in [5.41, 5.74) is -0.626. The Balaban J connectivity index is 1.36. The average molecular weight is 414 g/mol. The van der Waals surface area contributed by atoms with E-state index in [2.05, 4.69) is 16.3 Å². The number of carbonyl (C=O) groups excluding carboxylic acids is 2. The Kier molecular flexibility index (Phi) is 4.92. The van der Waals surface area contributed by atoms with E-state index in [1.807, 2.05) is 22.5 Å². The molecule has 8 heteroatoms. The van der Waals surface area contributed by atoms with Crippen molar-refractivity contribution in [3.05, 3.63) is 24.3 Å². The first-order chi connectivity index (χ1) is 14.5. The molecule has 162 valence electrons. The Morgan fingerprint density at radius 2 is 2.07 bits per heavy atom. The third kappa shape index (κ3) is 2.99. The molecule has 1 aromatic rings. The molecule has 4 heterocycles. The van der Waals surface area contributed by atoms with Crippen molar-refractivity contribution >= 4 is 11.8 Å². The monoisotopic (exact) mass is 413 g/mol. The molecule has 4 atom stereocenters. The van der Waals surface area contributed by atoms with E-state index in [4.69, 9.17) is 4.74 Å². The maximum Gasteiger partial charge on any atom is 0.230 e. The first-order valence-electron chi connectivity index (χ1n) is 11.3. The van der Waals surface area contributed by atoms with Gasteiger partial charge < -0.3 is 19.1 Å². The number of likely N-dealkylation sites (tertiary alicyclic amines) is 1. The molecule has 1 spiro atoms. The second-order valence-electron chi connectivity index (χ2n) is 9.24. The third-order valence-electron chi connectivity index (χ3n) is 7.47. The number of ether oxygens (including phenoxy) is 1. The molecular weight excluding hydrogens is 382 g/mol. The summed E-state index contributed by atoms with van der Waals surface area (Å²) in [6, 6.07) is 0.285. The Labute approximate surface area is 177 Å². The van der Waals surface area contributed by atoms with Crippen molar-refractivity contribution in [2.75, 3.05) is 13.6 Å². The van der Waals surface area contributed by atoms with Gasteiger partial charge in [-0.15, -0.1) is 10.2 Å². The van der Waals surface area contributed by atoms with E-state index < -0.39 is 17.4 Å². The van der Waals surface area contributed by atoms with Crippen molar-refractivity contribution in [1.29, 1.82) is 0 Å². The predicted molar refractivity (Wildman–Crippen MR) is 109 cm³/mol. The standard InChI is InChI=1S/C22H31N5O3/c1-3-26-14-23-24-17(26)12-25(2)20(28)18-16-10-11-22(30-16)13-27(21(29)19(18)22)15-8-6-4-5-7-9-15/h10-11,14-16,18-19H,3-9,12-13H2,1-2H3/t16-,18-,19+,22-/m0/s1. The highest BCUT2D eigenvalue weighted by Crippen LogP contribution is 2.53. The van der Waals surface area contributed by atoms with Crippen LogP contribution in [0.4, 0.5) is 0 Å². The molecule has 2 bridgehead atoms. The summed E-state index contributed by atoms with van der Waals surface area (Å²) in [4.78, 5) is 30.7. The number of rotatable bonds is 5. The van der Waals surface area contributed by atoms with Crippen LogP contribution in [0.5, 0.6) is 0 Å². The van der Waals surface area contributed by atoms with Crippen LogP contribution in [0.15, 0.2) is 18.5 Å². The Hall–Kier alpha value is -2.22. The number of hydrogen-bond acceptors (Lipinski definition) is 5. The van der Waals surface area contributed by atoms with Gasteiger partial charge in [0.25, 0.3) is 0 Å². The van der Waals surface area contributed by atoms with Crippen molar-refractivity contribution in [1.82, 2.24) is 24.6 Å². The molecule has 1 aromatic heterocycles. The smallest absolute Gasteiger partial charge is 0.230 e. The van der Waals surface area contributed by atoms with E-state index in [1.165, 1.54) is 25.7 Å². The molecule has 0 aromatic carbocycles. The molecule has 1 saturated carbocycles. The van der Waals surface area contributed by atoms with Crippen LogP contribution < -0.4 is 0 Å². The van der Waals surface area contributed by atoms with Crippen LogP contribution >= 0.6 is 0 Å². The number of hydrogen-bond donors (Lipinski definition) is 0. The van der Waals surface area contributed by atoms with Crippen molar-refractivity contribution < 1.29 is 14.3 Å². The number of fused-ring (bicyclic) bond motifs is 1. The fourth-order valence-corrected chi connectivity index (χ4v) is 5.90. The van der Waals surface area contributed by atoms with Crippen molar-refractivity contribution in [2.45, 2.75) is 76.3 Å². The van der Waals surface area contributed by atoms with Gasteiger partial charge in [-0.3, -0.25) is 9.59 Å². The molecule has 2 amide bonds. The molecule has 5 rings (SSSR count). The maximum absolute atomic E-state index is 13.6. The summed E-state index contributed by atoms with van der Waals surface area (Å²) < 4.78 is 8.24. The van der Waals surface area contributed by atoms with E-state index >= 15 is 0 Å². The van der Waals surface area contributed by atoms with Gasteiger partial charge in [-0.2, -0.15) is 0 Å². The maximum atomic E-state index is 13.6. The minimum atomic E-state index is -0.626. The van der Waals surface area contributed by atoms with Gasteiger partial charge >= 0.3 is 0 Å². The molecular formula is C22H31N5O3. The fraction of sp³-hybridized carbons (Fsp3) is 0.727. The zero-order valence-electron chi connectivity index (χ0n) is 17.9. The highest BCUT2D eigenvalue weighted by molar-refractivity contribution is 5.93. The van der Waals surface area contributed by atoms with Gasteiger partial charge in [-0.05, 0) is 19.8 Å². The van der Waals surface area contributed by atoms with Crippen molar-refractivity contribution in [3.63, 3.8) is 0 Å². The molecule has 0 radical (unpaired) electrons. The molecule has 2 saturated heterocycles. The quantitative estimate of drug-likeness (QED) is 0.543. The highest BCUT2D eigenvalue weighted by Gasteiger charge is 2.67. The van der Waals surface area contributed by atoms with Crippen LogP contribution in [0.2, 0.25) is 0 Å². The van der Waals surface area contributed by atoms with Crippen LogP contribution in [0.3, 0.4) is 0 Å². The van der Waals surface area contributed by atoms with Crippen LogP contribution in [-0.4, -0.2) is 67.7 Å². The number of aryl methyl sites for hydroxylation is 1. The fourth-order valence-electron chi connectivity index (χ4n) is 5.90. The van der Waals surface area contributed by atoms with Gasteiger partial charge in [0.1, 0.15) is 11.9 Å². The van der Waals surface area contributed by atoms with Crippen LogP contribution in [0.25, 0.3) is 0 Å². The zero-order valence-corrected chi connectivity index (χ0v) is 17.9. The minimum absolute atomic E-state index is 0.0436. The molecule has 0 N–H and O–H groups in total. The van der Waals surface area contributed by atoms with E-state index in [0.717, 1.165) is 25.2 Å². The first-order valence-corrected chi connectivity index (χ1v) is 11.3. The second-order valence-corrected chi connectivity index (χ2v) is 9.24. The Morgan fingerprint density at radius 3 is 2.80 bits per heavy atom. The number of carbonyl (C=O) groups is 2. The highest BCUT2D eigenvalue weighted by atomic mass is 16.5. The Bertz CT molecular complexity index is 859. The van der Waals surface area contributed by atoms with Gasteiger partial charge in [0, 0.05) is 19.6 Å². The van der Waals surface area contributed by atoms with Gasteiger partial charge in [0.2, 0.25) is 11.8 Å². The summed E-state index contributed by atoms with van der Waals surface area (Å²) in [7, 11) is 1.78. The van der Waals surface area contributed by atoms with Gasteiger partial charge in [-0.1, -0.05) is 37.8 Å². The lowest BCUT2D eigenvalue weighted by atomic mass is 9.76. The summed E-state index contributed by atoms with van der Waals surface area (Å²) in [6.45, 7) is 3.74. The molecule has 3 fully saturated rings. The van der Waals surface area contributed by atoms with Gasteiger partial charge in [0.15, 0.2) is 5.82 Å². The molecule has 3 aliphatic heterocycles. The zero-order chi connectivity index (χ0) is 20.9. The number of aromatic nitrogens is 3.